The van der Waals surface area contributed by atoms with Crippen LogP contribution in [0.5, 0.6) is 5.75 Å². The van der Waals surface area contributed by atoms with Crippen LogP contribution < -0.4 is 4.74 Å². The van der Waals surface area contributed by atoms with Gasteiger partial charge in [-0.2, -0.15) is 0 Å². The molecular formula is C13H15NO5. The summed E-state index contributed by atoms with van der Waals surface area (Å²) in [6.45, 7) is 2.46. The Morgan fingerprint density at radius 1 is 1.47 bits per heavy atom. The Bertz CT molecular complexity index is 488. The van der Waals surface area contributed by atoms with E-state index in [4.69, 9.17) is 9.47 Å². The van der Waals surface area contributed by atoms with Crippen LogP contribution in [0.25, 0.3) is 0 Å². The summed E-state index contributed by atoms with van der Waals surface area (Å²) < 4.78 is 11.0. The van der Waals surface area contributed by atoms with E-state index in [0.717, 1.165) is 6.42 Å². The van der Waals surface area contributed by atoms with Gasteiger partial charge in [-0.15, -0.1) is 0 Å². The highest BCUT2D eigenvalue weighted by Gasteiger charge is 2.42. The summed E-state index contributed by atoms with van der Waals surface area (Å²) >= 11 is 0. The lowest BCUT2D eigenvalue weighted by atomic mass is 9.90. The van der Waals surface area contributed by atoms with Gasteiger partial charge in [0.1, 0.15) is 11.9 Å². The van der Waals surface area contributed by atoms with Gasteiger partial charge in [0.05, 0.1) is 11.0 Å². The number of hydrogen-bond acceptors (Lipinski definition) is 5. The van der Waals surface area contributed by atoms with E-state index in [2.05, 4.69) is 0 Å². The zero-order chi connectivity index (χ0) is 13.8. The number of ether oxygens (including phenoxy) is 2. The largest absolute Gasteiger partial charge is 0.487 e. The van der Waals surface area contributed by atoms with E-state index in [1.807, 2.05) is 6.92 Å². The van der Waals surface area contributed by atoms with Gasteiger partial charge >= 0.3 is 0 Å². The molecule has 0 aliphatic heterocycles. The summed E-state index contributed by atoms with van der Waals surface area (Å²) in [6.07, 6.45) is 0.227. The molecule has 0 N–H and O–H groups in total. The maximum atomic E-state index is 11.4. The molecule has 19 heavy (non-hydrogen) atoms. The summed E-state index contributed by atoms with van der Waals surface area (Å²) in [4.78, 5) is 21.6. The third-order valence-electron chi connectivity index (χ3n) is 2.87. The first kappa shape index (κ1) is 13.5. The van der Waals surface area contributed by atoms with Gasteiger partial charge in [0.15, 0.2) is 11.9 Å². The molecule has 0 radical (unpaired) electrons. The van der Waals surface area contributed by atoms with E-state index in [-0.39, 0.29) is 24.0 Å². The van der Waals surface area contributed by atoms with Crippen molar-refractivity contribution < 1.29 is 19.2 Å². The Morgan fingerprint density at radius 3 is 2.89 bits per heavy atom. The number of benzene rings is 1. The van der Waals surface area contributed by atoms with Gasteiger partial charge in [-0.3, -0.25) is 14.9 Å². The number of rotatable bonds is 6. The van der Waals surface area contributed by atoms with Gasteiger partial charge in [0, 0.05) is 19.1 Å². The molecule has 2 atom stereocenters. The number of carbonyl (C=O) groups is 1. The summed E-state index contributed by atoms with van der Waals surface area (Å²) in [6, 6.07) is 5.92. The standard InChI is InChI=1S/C13H15NO5/c1-2-6-18-13-11(15)8-12(13)19-10-5-3-4-9(7-10)14(16)17/h3-5,7,12-13H,2,6,8H2,1H3. The number of Topliss-reactive ketones (excluding diaryl/α,β-unsaturated/α-hetero) is 1. The van der Waals surface area contributed by atoms with Crippen LogP contribution in [-0.4, -0.2) is 29.5 Å². The molecule has 2 rings (SSSR count). The molecule has 0 bridgehead atoms. The topological polar surface area (TPSA) is 78.7 Å². The van der Waals surface area contributed by atoms with E-state index in [1.54, 1.807) is 12.1 Å². The summed E-state index contributed by atoms with van der Waals surface area (Å²) in [5.74, 6) is 0.403. The van der Waals surface area contributed by atoms with E-state index in [1.165, 1.54) is 12.1 Å². The van der Waals surface area contributed by atoms with E-state index >= 15 is 0 Å². The molecule has 2 unspecified atom stereocenters. The molecule has 0 aromatic heterocycles. The molecule has 1 fully saturated rings. The zero-order valence-electron chi connectivity index (χ0n) is 10.6. The second-order valence-electron chi connectivity index (χ2n) is 4.37. The Balaban J connectivity index is 1.99. The summed E-state index contributed by atoms with van der Waals surface area (Å²) in [5.41, 5.74) is -0.0332. The summed E-state index contributed by atoms with van der Waals surface area (Å²) in [7, 11) is 0. The first-order chi connectivity index (χ1) is 9.11. The highest BCUT2D eigenvalue weighted by molar-refractivity contribution is 5.90. The lowest BCUT2D eigenvalue weighted by molar-refractivity contribution is -0.385. The predicted molar refractivity (Wildman–Crippen MR) is 67.2 cm³/mol. The zero-order valence-corrected chi connectivity index (χ0v) is 10.6. The van der Waals surface area contributed by atoms with Crippen LogP contribution in [0.3, 0.4) is 0 Å². The quantitative estimate of drug-likeness (QED) is 0.581. The second kappa shape index (κ2) is 5.79. The molecule has 0 saturated heterocycles. The molecule has 6 heteroatoms. The Kier molecular flexibility index (Phi) is 4.11. The van der Waals surface area contributed by atoms with Crippen LogP contribution in [-0.2, 0) is 9.53 Å². The minimum Gasteiger partial charge on any atom is -0.487 e. The third-order valence-corrected chi connectivity index (χ3v) is 2.87. The monoisotopic (exact) mass is 265 g/mol. The minimum absolute atomic E-state index is 0.0175. The first-order valence-corrected chi connectivity index (χ1v) is 6.17. The SMILES string of the molecule is CCCOC1C(=O)CC1Oc1cccc([N+](=O)[O-])c1. The van der Waals surface area contributed by atoms with Crippen LogP contribution in [0.2, 0.25) is 0 Å². The fourth-order valence-electron chi connectivity index (χ4n) is 1.86. The molecular weight excluding hydrogens is 250 g/mol. The molecule has 0 amide bonds. The van der Waals surface area contributed by atoms with Crippen molar-refractivity contribution in [2.24, 2.45) is 0 Å². The maximum absolute atomic E-state index is 11.4. The predicted octanol–water partition coefficient (Wildman–Crippen LogP) is 2.11. The fourth-order valence-corrected chi connectivity index (χ4v) is 1.86. The number of nitro groups is 1. The highest BCUT2D eigenvalue weighted by Crippen LogP contribution is 2.27. The highest BCUT2D eigenvalue weighted by atomic mass is 16.6. The smallest absolute Gasteiger partial charge is 0.273 e. The normalized spacial score (nSPS) is 21.8. The summed E-state index contributed by atoms with van der Waals surface area (Å²) in [5, 5.41) is 10.7. The van der Waals surface area contributed by atoms with Crippen LogP contribution in [0.1, 0.15) is 19.8 Å². The van der Waals surface area contributed by atoms with Crippen molar-refractivity contribution in [2.75, 3.05) is 6.61 Å². The molecule has 0 spiro atoms. The number of nitrogens with zero attached hydrogens (tertiary/aromatic N) is 1. The van der Waals surface area contributed by atoms with Gasteiger partial charge in [-0.1, -0.05) is 13.0 Å². The average molecular weight is 265 g/mol. The van der Waals surface area contributed by atoms with Crippen LogP contribution in [0.4, 0.5) is 5.69 Å². The van der Waals surface area contributed by atoms with Crippen molar-refractivity contribution in [1.82, 2.24) is 0 Å². The number of hydrogen-bond donors (Lipinski definition) is 0. The van der Waals surface area contributed by atoms with Crippen molar-refractivity contribution >= 4 is 11.5 Å². The third kappa shape index (κ3) is 3.08. The Labute approximate surface area is 110 Å². The average Bonchev–Trinajstić information content (AvgIpc) is 2.39. The van der Waals surface area contributed by atoms with Crippen molar-refractivity contribution in [3.8, 4) is 5.75 Å². The van der Waals surface area contributed by atoms with Crippen molar-refractivity contribution in [3.63, 3.8) is 0 Å². The molecule has 1 aliphatic carbocycles. The maximum Gasteiger partial charge on any atom is 0.273 e. The van der Waals surface area contributed by atoms with Gasteiger partial charge in [0.2, 0.25) is 0 Å². The second-order valence-corrected chi connectivity index (χ2v) is 4.37. The number of nitro benzene ring substituents is 1. The van der Waals surface area contributed by atoms with Crippen LogP contribution >= 0.6 is 0 Å². The molecule has 1 aromatic carbocycles. The van der Waals surface area contributed by atoms with E-state index < -0.39 is 11.0 Å². The van der Waals surface area contributed by atoms with Gasteiger partial charge in [0.25, 0.3) is 5.69 Å². The number of non-ortho nitro benzene ring substituents is 1. The molecule has 6 nitrogen and oxygen atoms in total. The van der Waals surface area contributed by atoms with Crippen LogP contribution in [0.15, 0.2) is 24.3 Å². The van der Waals surface area contributed by atoms with Gasteiger partial charge in [-0.05, 0) is 12.5 Å². The fraction of sp³-hybridized carbons (Fsp3) is 0.462. The van der Waals surface area contributed by atoms with Crippen molar-refractivity contribution in [2.45, 2.75) is 32.0 Å². The van der Waals surface area contributed by atoms with Gasteiger partial charge < -0.3 is 9.47 Å². The van der Waals surface area contributed by atoms with Crippen molar-refractivity contribution in [1.29, 1.82) is 0 Å². The molecule has 1 aliphatic rings. The van der Waals surface area contributed by atoms with Gasteiger partial charge in [-0.25, -0.2) is 0 Å². The molecule has 1 saturated carbocycles. The number of carbonyl (C=O) groups excluding carboxylic acids is 1. The number of ketones is 1. The lowest BCUT2D eigenvalue weighted by Crippen LogP contribution is -2.52. The van der Waals surface area contributed by atoms with Crippen LogP contribution in [0, 0.1) is 10.1 Å². The van der Waals surface area contributed by atoms with E-state index in [0.29, 0.717) is 12.4 Å². The Morgan fingerprint density at radius 2 is 2.26 bits per heavy atom. The minimum atomic E-state index is -0.542. The molecule has 1 aromatic rings. The molecule has 102 valence electrons. The Hall–Kier alpha value is -1.95. The molecule has 0 heterocycles. The van der Waals surface area contributed by atoms with Crippen molar-refractivity contribution in [3.05, 3.63) is 34.4 Å². The van der Waals surface area contributed by atoms with E-state index in [9.17, 15) is 14.9 Å². The lowest BCUT2D eigenvalue weighted by Gasteiger charge is -2.34. The first-order valence-electron chi connectivity index (χ1n) is 6.17.